The van der Waals surface area contributed by atoms with E-state index >= 15 is 0 Å². The van der Waals surface area contributed by atoms with E-state index in [9.17, 15) is 9.18 Å². The van der Waals surface area contributed by atoms with Gasteiger partial charge in [0.25, 0.3) is 0 Å². The molecule has 1 atom stereocenters. The van der Waals surface area contributed by atoms with Crippen LogP contribution >= 0.6 is 0 Å². The van der Waals surface area contributed by atoms with Gasteiger partial charge in [0.05, 0.1) is 0 Å². The third kappa shape index (κ3) is 4.64. The number of hydrogen-bond acceptors (Lipinski definition) is 5. The molecular weight excluding hydrogens is 347 g/mol. The zero-order valence-corrected chi connectivity index (χ0v) is 16.2. The summed E-state index contributed by atoms with van der Waals surface area (Å²) in [6.07, 6.45) is 1.29. The molecule has 1 aromatic heterocycles. The highest BCUT2D eigenvalue weighted by molar-refractivity contribution is 5.77. The molecule has 1 aliphatic heterocycles. The van der Waals surface area contributed by atoms with Crippen molar-refractivity contribution in [1.82, 2.24) is 15.1 Å². The molecule has 1 aromatic carbocycles. The number of amides is 1. The van der Waals surface area contributed by atoms with Gasteiger partial charge < -0.3 is 14.2 Å². The molecule has 0 radical (unpaired) electrons. The van der Waals surface area contributed by atoms with E-state index in [-0.39, 0.29) is 23.6 Å². The van der Waals surface area contributed by atoms with Crippen LogP contribution in [0.1, 0.15) is 56.9 Å². The Morgan fingerprint density at radius 1 is 1.15 bits per heavy atom. The smallest absolute Gasteiger partial charge is 0.318 e. The molecule has 3 rings (SSSR count). The van der Waals surface area contributed by atoms with E-state index in [1.165, 1.54) is 12.1 Å². The van der Waals surface area contributed by atoms with Gasteiger partial charge in [-0.3, -0.25) is 4.79 Å². The largest absolute Gasteiger partial charge is 0.408 e. The molecule has 146 valence electrons. The number of rotatable bonds is 6. The molecule has 0 spiro atoms. The van der Waals surface area contributed by atoms with Crippen LogP contribution in [0.15, 0.2) is 28.7 Å². The van der Waals surface area contributed by atoms with Gasteiger partial charge in [-0.15, -0.1) is 5.10 Å². The Balaban J connectivity index is 1.55. The van der Waals surface area contributed by atoms with Crippen LogP contribution in [-0.2, 0) is 4.79 Å². The van der Waals surface area contributed by atoms with Crippen LogP contribution in [0.5, 0.6) is 0 Å². The fourth-order valence-electron chi connectivity index (χ4n) is 3.31. The molecular formula is C20H27FN4O2. The summed E-state index contributed by atoms with van der Waals surface area (Å²) in [4.78, 5) is 16.6. The number of piperazine rings is 1. The summed E-state index contributed by atoms with van der Waals surface area (Å²) in [5.41, 5.74) is 1.01. The van der Waals surface area contributed by atoms with E-state index in [4.69, 9.17) is 4.42 Å². The predicted molar refractivity (Wildman–Crippen MR) is 101 cm³/mol. The summed E-state index contributed by atoms with van der Waals surface area (Å²) in [6, 6.07) is 6.99. The zero-order valence-electron chi connectivity index (χ0n) is 16.2. The van der Waals surface area contributed by atoms with Gasteiger partial charge in [-0.2, -0.15) is 0 Å². The van der Waals surface area contributed by atoms with Gasteiger partial charge in [0.1, 0.15) is 5.82 Å². The molecule has 0 saturated carbocycles. The third-order valence-electron chi connectivity index (χ3n) is 5.08. The fourth-order valence-corrected chi connectivity index (χ4v) is 3.31. The molecule has 2 aromatic rings. The lowest BCUT2D eigenvalue weighted by Gasteiger charge is -2.34. The standard InChI is InChI=1S/C20H27FN4O2/c1-4-15(16-5-7-17(21)8-6-16)13-18(26)24-9-11-25(12-10-24)20-23-22-19(27-20)14(2)3/h5-8,14-15H,4,9-13H2,1-3H3. The summed E-state index contributed by atoms with van der Waals surface area (Å²) in [5.74, 6) is 0.831. The van der Waals surface area contributed by atoms with Crippen LogP contribution in [0.2, 0.25) is 0 Å². The quantitative estimate of drug-likeness (QED) is 0.774. The Bertz CT molecular complexity index is 752. The van der Waals surface area contributed by atoms with Crippen molar-refractivity contribution in [3.05, 3.63) is 41.5 Å². The minimum absolute atomic E-state index is 0.112. The average molecular weight is 374 g/mol. The van der Waals surface area contributed by atoms with E-state index in [2.05, 4.69) is 17.1 Å². The number of carbonyl (C=O) groups is 1. The Kier molecular flexibility index (Phi) is 6.08. The highest BCUT2D eigenvalue weighted by Gasteiger charge is 2.26. The maximum absolute atomic E-state index is 13.1. The van der Waals surface area contributed by atoms with Crippen LogP contribution in [0.4, 0.5) is 10.4 Å². The second-order valence-electron chi connectivity index (χ2n) is 7.31. The summed E-state index contributed by atoms with van der Waals surface area (Å²) >= 11 is 0. The summed E-state index contributed by atoms with van der Waals surface area (Å²) < 4.78 is 18.8. The van der Waals surface area contributed by atoms with Crippen molar-refractivity contribution in [2.24, 2.45) is 0 Å². The highest BCUT2D eigenvalue weighted by atomic mass is 19.1. The van der Waals surface area contributed by atoms with E-state index in [0.717, 1.165) is 12.0 Å². The van der Waals surface area contributed by atoms with Crippen molar-refractivity contribution in [3.63, 3.8) is 0 Å². The summed E-state index contributed by atoms with van der Waals surface area (Å²) in [6.45, 7) is 8.72. The van der Waals surface area contributed by atoms with Crippen molar-refractivity contribution in [2.45, 2.75) is 45.4 Å². The number of hydrogen-bond donors (Lipinski definition) is 0. The van der Waals surface area contributed by atoms with Crippen molar-refractivity contribution in [2.75, 3.05) is 31.1 Å². The van der Waals surface area contributed by atoms with Gasteiger partial charge in [0.15, 0.2) is 0 Å². The molecule has 1 aliphatic rings. The normalized spacial score (nSPS) is 16.0. The first-order valence-electron chi connectivity index (χ1n) is 9.59. The lowest BCUT2D eigenvalue weighted by atomic mass is 9.92. The molecule has 7 heteroatoms. The first kappa shape index (κ1) is 19.3. The lowest BCUT2D eigenvalue weighted by Crippen LogP contribution is -2.49. The number of halogens is 1. The van der Waals surface area contributed by atoms with Gasteiger partial charge in [0.2, 0.25) is 11.8 Å². The molecule has 0 bridgehead atoms. The van der Waals surface area contributed by atoms with Gasteiger partial charge in [-0.1, -0.05) is 38.0 Å². The SMILES string of the molecule is CCC(CC(=O)N1CCN(c2nnc(C(C)C)o2)CC1)c1ccc(F)cc1. The third-order valence-corrected chi connectivity index (χ3v) is 5.08. The van der Waals surface area contributed by atoms with E-state index < -0.39 is 0 Å². The molecule has 1 amide bonds. The van der Waals surface area contributed by atoms with Crippen molar-refractivity contribution < 1.29 is 13.6 Å². The number of anilines is 1. The van der Waals surface area contributed by atoms with Crippen LogP contribution in [0.3, 0.4) is 0 Å². The Labute approximate surface area is 159 Å². The molecule has 1 unspecified atom stereocenters. The lowest BCUT2D eigenvalue weighted by molar-refractivity contribution is -0.132. The minimum Gasteiger partial charge on any atom is -0.408 e. The number of aromatic nitrogens is 2. The molecule has 1 fully saturated rings. The van der Waals surface area contributed by atoms with Gasteiger partial charge in [0, 0.05) is 38.5 Å². The monoisotopic (exact) mass is 374 g/mol. The molecule has 0 N–H and O–H groups in total. The number of nitrogens with zero attached hydrogens (tertiary/aromatic N) is 4. The summed E-state index contributed by atoms with van der Waals surface area (Å²) in [7, 11) is 0. The topological polar surface area (TPSA) is 62.5 Å². The Morgan fingerprint density at radius 3 is 2.37 bits per heavy atom. The molecule has 27 heavy (non-hydrogen) atoms. The Morgan fingerprint density at radius 2 is 1.81 bits per heavy atom. The Hall–Kier alpha value is -2.44. The second-order valence-corrected chi connectivity index (χ2v) is 7.31. The van der Waals surface area contributed by atoms with E-state index in [0.29, 0.717) is 44.5 Å². The van der Waals surface area contributed by atoms with Crippen LogP contribution in [-0.4, -0.2) is 47.2 Å². The van der Waals surface area contributed by atoms with Crippen molar-refractivity contribution >= 4 is 11.9 Å². The average Bonchev–Trinajstić information content (AvgIpc) is 3.17. The molecule has 0 aliphatic carbocycles. The van der Waals surface area contributed by atoms with Gasteiger partial charge >= 0.3 is 6.01 Å². The van der Waals surface area contributed by atoms with Gasteiger partial charge in [-0.25, -0.2) is 4.39 Å². The number of benzene rings is 1. The number of carbonyl (C=O) groups excluding carboxylic acids is 1. The van der Waals surface area contributed by atoms with E-state index in [1.54, 1.807) is 12.1 Å². The van der Waals surface area contributed by atoms with Crippen LogP contribution < -0.4 is 4.90 Å². The minimum atomic E-state index is -0.252. The molecule has 6 nitrogen and oxygen atoms in total. The molecule has 1 saturated heterocycles. The highest BCUT2D eigenvalue weighted by Crippen LogP contribution is 2.25. The maximum Gasteiger partial charge on any atom is 0.318 e. The van der Waals surface area contributed by atoms with Crippen LogP contribution in [0, 0.1) is 5.82 Å². The fraction of sp³-hybridized carbons (Fsp3) is 0.550. The van der Waals surface area contributed by atoms with Crippen LogP contribution in [0.25, 0.3) is 0 Å². The van der Waals surface area contributed by atoms with Crippen molar-refractivity contribution in [1.29, 1.82) is 0 Å². The van der Waals surface area contributed by atoms with Gasteiger partial charge in [-0.05, 0) is 30.0 Å². The first-order chi connectivity index (χ1) is 13.0. The predicted octanol–water partition coefficient (Wildman–Crippen LogP) is 3.56. The van der Waals surface area contributed by atoms with E-state index in [1.807, 2.05) is 23.6 Å². The molecule has 2 heterocycles. The zero-order chi connectivity index (χ0) is 19.4. The summed E-state index contributed by atoms with van der Waals surface area (Å²) in [5, 5.41) is 8.18. The van der Waals surface area contributed by atoms with Crippen molar-refractivity contribution in [3.8, 4) is 0 Å². The first-order valence-corrected chi connectivity index (χ1v) is 9.59. The second kappa shape index (κ2) is 8.50. The maximum atomic E-state index is 13.1.